The molecule has 1 rings (SSSR count). The number of para-hydroxylation sites is 1. The van der Waals surface area contributed by atoms with Gasteiger partial charge in [-0.1, -0.05) is 25.1 Å². The number of nitrogens with zero attached hydrogens (tertiary/aromatic N) is 1. The highest BCUT2D eigenvalue weighted by molar-refractivity contribution is 5.33. The molecule has 2 N–H and O–H groups in total. The minimum absolute atomic E-state index is 0.486. The third kappa shape index (κ3) is 4.02. The Morgan fingerprint density at radius 3 is 2.65 bits per heavy atom. The molecule has 0 amide bonds. The zero-order chi connectivity index (χ0) is 12.7. The van der Waals surface area contributed by atoms with E-state index in [4.69, 9.17) is 10.5 Å². The fourth-order valence-corrected chi connectivity index (χ4v) is 2.17. The average molecular weight is 236 g/mol. The lowest BCUT2D eigenvalue weighted by molar-refractivity contribution is 0.223. The highest BCUT2D eigenvalue weighted by Crippen LogP contribution is 2.20. The Kier molecular flexibility index (Phi) is 6.01. The molecule has 0 radical (unpaired) electrons. The van der Waals surface area contributed by atoms with Gasteiger partial charge in [-0.2, -0.15) is 0 Å². The predicted octanol–water partition coefficient (Wildman–Crippen LogP) is 1.91. The summed E-state index contributed by atoms with van der Waals surface area (Å²) in [7, 11) is 1.72. The lowest BCUT2D eigenvalue weighted by Gasteiger charge is -2.27. The standard InChI is InChI=1S/C14H24N2O/c1-4-16(10-9-15)12(2)11-13-7-5-6-8-14(13)17-3/h5-8,12H,4,9-11,15H2,1-3H3. The summed E-state index contributed by atoms with van der Waals surface area (Å²) < 4.78 is 5.38. The van der Waals surface area contributed by atoms with E-state index < -0.39 is 0 Å². The molecule has 0 spiro atoms. The Morgan fingerprint density at radius 2 is 2.06 bits per heavy atom. The van der Waals surface area contributed by atoms with Crippen molar-refractivity contribution in [3.63, 3.8) is 0 Å². The van der Waals surface area contributed by atoms with Crippen molar-refractivity contribution in [1.29, 1.82) is 0 Å². The molecule has 1 atom stereocenters. The first-order valence-corrected chi connectivity index (χ1v) is 6.28. The van der Waals surface area contributed by atoms with E-state index in [1.165, 1.54) is 5.56 Å². The topological polar surface area (TPSA) is 38.5 Å². The maximum absolute atomic E-state index is 5.63. The SMILES string of the molecule is CCN(CCN)C(C)Cc1ccccc1OC. The lowest BCUT2D eigenvalue weighted by Crippen LogP contribution is -2.38. The van der Waals surface area contributed by atoms with E-state index >= 15 is 0 Å². The average Bonchev–Trinajstić information content (AvgIpc) is 2.36. The molecule has 0 saturated heterocycles. The van der Waals surface area contributed by atoms with Crippen molar-refractivity contribution < 1.29 is 4.74 Å². The molecule has 3 heteroatoms. The minimum atomic E-state index is 0.486. The van der Waals surface area contributed by atoms with E-state index in [1.54, 1.807) is 7.11 Å². The summed E-state index contributed by atoms with van der Waals surface area (Å²) in [5.74, 6) is 0.975. The number of hydrogen-bond donors (Lipinski definition) is 1. The van der Waals surface area contributed by atoms with Crippen LogP contribution in [0.1, 0.15) is 19.4 Å². The van der Waals surface area contributed by atoms with Gasteiger partial charge in [0.25, 0.3) is 0 Å². The molecule has 0 bridgehead atoms. The van der Waals surface area contributed by atoms with Crippen LogP contribution in [0.4, 0.5) is 0 Å². The van der Waals surface area contributed by atoms with Crippen LogP contribution >= 0.6 is 0 Å². The van der Waals surface area contributed by atoms with Crippen molar-refractivity contribution in [2.45, 2.75) is 26.3 Å². The van der Waals surface area contributed by atoms with Crippen LogP contribution in [0.25, 0.3) is 0 Å². The number of rotatable bonds is 7. The number of likely N-dealkylation sites (N-methyl/N-ethyl adjacent to an activating group) is 1. The Labute approximate surface area is 105 Å². The smallest absolute Gasteiger partial charge is 0.122 e. The fraction of sp³-hybridized carbons (Fsp3) is 0.571. The summed E-state index contributed by atoms with van der Waals surface area (Å²) >= 11 is 0. The molecule has 0 fully saturated rings. The van der Waals surface area contributed by atoms with E-state index in [-0.39, 0.29) is 0 Å². The maximum atomic E-state index is 5.63. The van der Waals surface area contributed by atoms with E-state index in [2.05, 4.69) is 30.9 Å². The monoisotopic (exact) mass is 236 g/mol. The Balaban J connectivity index is 2.68. The van der Waals surface area contributed by atoms with Crippen molar-refractivity contribution in [3.05, 3.63) is 29.8 Å². The molecule has 1 aromatic carbocycles. The maximum Gasteiger partial charge on any atom is 0.122 e. The molecular weight excluding hydrogens is 212 g/mol. The van der Waals surface area contributed by atoms with Crippen LogP contribution in [0, 0.1) is 0 Å². The van der Waals surface area contributed by atoms with E-state index in [0.29, 0.717) is 12.6 Å². The Bertz CT molecular complexity index is 328. The molecule has 0 aliphatic carbocycles. The van der Waals surface area contributed by atoms with Crippen molar-refractivity contribution >= 4 is 0 Å². The summed E-state index contributed by atoms with van der Waals surface area (Å²) in [4.78, 5) is 2.40. The second-order valence-corrected chi connectivity index (χ2v) is 4.28. The van der Waals surface area contributed by atoms with Crippen molar-refractivity contribution in [1.82, 2.24) is 4.90 Å². The molecular formula is C14H24N2O. The van der Waals surface area contributed by atoms with Gasteiger partial charge in [0.15, 0.2) is 0 Å². The Morgan fingerprint density at radius 1 is 1.35 bits per heavy atom. The number of methoxy groups -OCH3 is 1. The van der Waals surface area contributed by atoms with Crippen LogP contribution in [0.5, 0.6) is 5.75 Å². The molecule has 1 aromatic rings. The quantitative estimate of drug-likeness (QED) is 0.786. The van der Waals surface area contributed by atoms with Crippen LogP contribution in [-0.4, -0.2) is 37.7 Å². The van der Waals surface area contributed by atoms with Crippen molar-refractivity contribution in [3.8, 4) is 5.75 Å². The highest BCUT2D eigenvalue weighted by Gasteiger charge is 2.13. The Hall–Kier alpha value is -1.06. The normalized spacial score (nSPS) is 12.8. The van der Waals surface area contributed by atoms with Crippen LogP contribution < -0.4 is 10.5 Å². The number of nitrogens with two attached hydrogens (primary N) is 1. The first kappa shape index (κ1) is 14.0. The van der Waals surface area contributed by atoms with Gasteiger partial charge in [0.1, 0.15) is 5.75 Å². The van der Waals surface area contributed by atoms with E-state index in [0.717, 1.165) is 25.3 Å². The third-order valence-corrected chi connectivity index (χ3v) is 3.15. The number of hydrogen-bond acceptors (Lipinski definition) is 3. The summed E-state index contributed by atoms with van der Waals surface area (Å²) in [5.41, 5.74) is 6.89. The van der Waals surface area contributed by atoms with Gasteiger partial charge in [-0.3, -0.25) is 4.90 Å². The van der Waals surface area contributed by atoms with Crippen LogP contribution in [-0.2, 0) is 6.42 Å². The zero-order valence-corrected chi connectivity index (χ0v) is 11.1. The fourth-order valence-electron chi connectivity index (χ4n) is 2.17. The summed E-state index contributed by atoms with van der Waals surface area (Å²) in [6.45, 7) is 7.12. The van der Waals surface area contributed by atoms with Crippen LogP contribution in [0.2, 0.25) is 0 Å². The van der Waals surface area contributed by atoms with Crippen molar-refractivity contribution in [2.24, 2.45) is 5.73 Å². The minimum Gasteiger partial charge on any atom is -0.496 e. The molecule has 0 heterocycles. The molecule has 1 unspecified atom stereocenters. The molecule has 0 aliphatic rings. The zero-order valence-electron chi connectivity index (χ0n) is 11.1. The van der Waals surface area contributed by atoms with Gasteiger partial charge in [-0.05, 0) is 31.5 Å². The summed E-state index contributed by atoms with van der Waals surface area (Å²) in [6.07, 6.45) is 0.998. The van der Waals surface area contributed by atoms with Gasteiger partial charge in [0.2, 0.25) is 0 Å². The molecule has 0 aliphatic heterocycles. The van der Waals surface area contributed by atoms with Crippen LogP contribution in [0.15, 0.2) is 24.3 Å². The van der Waals surface area contributed by atoms with Crippen LogP contribution in [0.3, 0.4) is 0 Å². The second kappa shape index (κ2) is 7.30. The predicted molar refractivity (Wildman–Crippen MR) is 72.5 cm³/mol. The molecule has 96 valence electrons. The summed E-state index contributed by atoms with van der Waals surface area (Å²) in [5, 5.41) is 0. The van der Waals surface area contributed by atoms with E-state index in [1.807, 2.05) is 12.1 Å². The number of ether oxygens (including phenoxy) is 1. The second-order valence-electron chi connectivity index (χ2n) is 4.28. The van der Waals surface area contributed by atoms with Crippen molar-refractivity contribution in [2.75, 3.05) is 26.7 Å². The lowest BCUT2D eigenvalue weighted by atomic mass is 10.0. The van der Waals surface area contributed by atoms with Gasteiger partial charge in [-0.25, -0.2) is 0 Å². The van der Waals surface area contributed by atoms with Gasteiger partial charge in [0, 0.05) is 19.1 Å². The highest BCUT2D eigenvalue weighted by atomic mass is 16.5. The first-order chi connectivity index (χ1) is 8.22. The van der Waals surface area contributed by atoms with Gasteiger partial charge < -0.3 is 10.5 Å². The molecule has 0 aromatic heterocycles. The number of benzene rings is 1. The van der Waals surface area contributed by atoms with Gasteiger partial charge >= 0.3 is 0 Å². The van der Waals surface area contributed by atoms with Gasteiger partial charge in [-0.15, -0.1) is 0 Å². The third-order valence-electron chi connectivity index (χ3n) is 3.15. The molecule has 17 heavy (non-hydrogen) atoms. The van der Waals surface area contributed by atoms with E-state index in [9.17, 15) is 0 Å². The largest absolute Gasteiger partial charge is 0.496 e. The molecule has 3 nitrogen and oxygen atoms in total. The first-order valence-electron chi connectivity index (χ1n) is 6.28. The summed E-state index contributed by atoms with van der Waals surface area (Å²) in [6, 6.07) is 8.70. The molecule has 0 saturated carbocycles. The van der Waals surface area contributed by atoms with Gasteiger partial charge in [0.05, 0.1) is 7.11 Å².